The summed E-state index contributed by atoms with van der Waals surface area (Å²) in [5.74, 6) is 0.814. The standard InChI is InChI=1S/C12H14N2O/c1-8(7-13)15-12-4-2-3-9-10(12)5-6-11(9)14/h2-4,8,11H,5-6,14H2,1H3. The van der Waals surface area contributed by atoms with E-state index in [1.54, 1.807) is 6.92 Å². The molecule has 3 heteroatoms. The Hall–Kier alpha value is -1.53. The van der Waals surface area contributed by atoms with Gasteiger partial charge in [0.1, 0.15) is 11.8 Å². The van der Waals surface area contributed by atoms with Gasteiger partial charge in [-0.1, -0.05) is 12.1 Å². The first-order chi connectivity index (χ1) is 7.22. The molecule has 2 unspecified atom stereocenters. The Morgan fingerprint density at radius 3 is 3.13 bits per heavy atom. The third-order valence-electron chi connectivity index (χ3n) is 2.76. The van der Waals surface area contributed by atoms with Crippen molar-refractivity contribution in [3.63, 3.8) is 0 Å². The van der Waals surface area contributed by atoms with Gasteiger partial charge in [0.05, 0.1) is 0 Å². The molecular weight excluding hydrogens is 188 g/mol. The highest BCUT2D eigenvalue weighted by Crippen LogP contribution is 2.35. The van der Waals surface area contributed by atoms with E-state index in [1.807, 2.05) is 18.2 Å². The van der Waals surface area contributed by atoms with E-state index in [9.17, 15) is 0 Å². The number of ether oxygens (including phenoxy) is 1. The average molecular weight is 202 g/mol. The zero-order valence-electron chi connectivity index (χ0n) is 8.73. The van der Waals surface area contributed by atoms with E-state index in [2.05, 4.69) is 6.07 Å². The summed E-state index contributed by atoms with van der Waals surface area (Å²) in [5.41, 5.74) is 8.30. The highest BCUT2D eigenvalue weighted by atomic mass is 16.5. The first-order valence-corrected chi connectivity index (χ1v) is 5.16. The maximum absolute atomic E-state index is 8.70. The quantitative estimate of drug-likeness (QED) is 0.797. The minimum Gasteiger partial charge on any atom is -0.476 e. The van der Waals surface area contributed by atoms with E-state index in [-0.39, 0.29) is 6.04 Å². The Labute approximate surface area is 89.5 Å². The van der Waals surface area contributed by atoms with Crippen LogP contribution in [-0.2, 0) is 6.42 Å². The van der Waals surface area contributed by atoms with Crippen LogP contribution in [0.25, 0.3) is 0 Å². The third kappa shape index (κ3) is 1.81. The van der Waals surface area contributed by atoms with E-state index < -0.39 is 6.10 Å². The minimum atomic E-state index is -0.409. The summed E-state index contributed by atoms with van der Waals surface area (Å²) in [5, 5.41) is 8.70. The Bertz CT molecular complexity index is 409. The molecule has 0 saturated heterocycles. The van der Waals surface area contributed by atoms with Gasteiger partial charge >= 0.3 is 0 Å². The van der Waals surface area contributed by atoms with Crippen molar-refractivity contribution < 1.29 is 4.74 Å². The van der Waals surface area contributed by atoms with Gasteiger partial charge in [-0.3, -0.25) is 0 Å². The van der Waals surface area contributed by atoms with Crippen molar-refractivity contribution in [1.82, 2.24) is 0 Å². The largest absolute Gasteiger partial charge is 0.476 e. The molecule has 0 aliphatic heterocycles. The zero-order valence-corrected chi connectivity index (χ0v) is 8.73. The molecule has 15 heavy (non-hydrogen) atoms. The molecule has 2 N–H and O–H groups in total. The highest BCUT2D eigenvalue weighted by Gasteiger charge is 2.22. The molecule has 0 heterocycles. The number of nitrogens with two attached hydrogens (primary N) is 1. The van der Waals surface area contributed by atoms with Crippen LogP contribution < -0.4 is 10.5 Å². The molecule has 0 saturated carbocycles. The maximum Gasteiger partial charge on any atom is 0.181 e. The zero-order chi connectivity index (χ0) is 10.8. The molecule has 0 radical (unpaired) electrons. The third-order valence-corrected chi connectivity index (χ3v) is 2.76. The lowest BCUT2D eigenvalue weighted by molar-refractivity contribution is 0.274. The van der Waals surface area contributed by atoms with Crippen LogP contribution in [0, 0.1) is 11.3 Å². The molecule has 2 rings (SSSR count). The van der Waals surface area contributed by atoms with Crippen LogP contribution in [0.5, 0.6) is 5.75 Å². The average Bonchev–Trinajstić information content (AvgIpc) is 2.62. The van der Waals surface area contributed by atoms with Crippen LogP contribution >= 0.6 is 0 Å². The number of hydrogen-bond donors (Lipinski definition) is 1. The number of fused-ring (bicyclic) bond motifs is 1. The van der Waals surface area contributed by atoms with Crippen LogP contribution in [0.1, 0.15) is 30.5 Å². The monoisotopic (exact) mass is 202 g/mol. The number of benzene rings is 1. The molecule has 1 aromatic rings. The first-order valence-electron chi connectivity index (χ1n) is 5.16. The molecule has 0 aromatic heterocycles. The molecule has 1 aliphatic rings. The summed E-state index contributed by atoms with van der Waals surface area (Å²) in [6.07, 6.45) is 1.51. The van der Waals surface area contributed by atoms with Gasteiger partial charge in [-0.25, -0.2) is 0 Å². The highest BCUT2D eigenvalue weighted by molar-refractivity contribution is 5.45. The Balaban J connectivity index is 2.31. The number of hydrogen-bond acceptors (Lipinski definition) is 3. The summed E-state index contributed by atoms with van der Waals surface area (Å²) < 4.78 is 5.54. The summed E-state index contributed by atoms with van der Waals surface area (Å²) >= 11 is 0. The smallest absolute Gasteiger partial charge is 0.181 e. The Morgan fingerprint density at radius 1 is 1.60 bits per heavy atom. The summed E-state index contributed by atoms with van der Waals surface area (Å²) in [6.45, 7) is 1.74. The molecule has 1 aromatic carbocycles. The second-order valence-corrected chi connectivity index (χ2v) is 3.86. The van der Waals surface area contributed by atoms with Gasteiger partial charge in [0.15, 0.2) is 6.10 Å². The fraction of sp³-hybridized carbons (Fsp3) is 0.417. The molecule has 1 aliphatic carbocycles. The molecule has 78 valence electrons. The fourth-order valence-electron chi connectivity index (χ4n) is 1.98. The van der Waals surface area contributed by atoms with Gasteiger partial charge in [0.25, 0.3) is 0 Å². The first kappa shape index (κ1) is 10.0. The fourth-order valence-corrected chi connectivity index (χ4v) is 1.98. The van der Waals surface area contributed by atoms with Crippen molar-refractivity contribution in [3.05, 3.63) is 29.3 Å². The van der Waals surface area contributed by atoms with Crippen molar-refractivity contribution in [1.29, 1.82) is 5.26 Å². The van der Waals surface area contributed by atoms with Gasteiger partial charge in [-0.15, -0.1) is 0 Å². The van der Waals surface area contributed by atoms with Crippen LogP contribution in [0.4, 0.5) is 0 Å². The van der Waals surface area contributed by atoms with Gasteiger partial charge in [0.2, 0.25) is 0 Å². The molecular formula is C12H14N2O. The van der Waals surface area contributed by atoms with Gasteiger partial charge in [-0.05, 0) is 37.0 Å². The van der Waals surface area contributed by atoms with E-state index >= 15 is 0 Å². The molecule has 0 fully saturated rings. The topological polar surface area (TPSA) is 59.0 Å². The second-order valence-electron chi connectivity index (χ2n) is 3.86. The van der Waals surface area contributed by atoms with Crippen molar-refractivity contribution in [2.75, 3.05) is 0 Å². The molecule has 0 bridgehead atoms. The van der Waals surface area contributed by atoms with Gasteiger partial charge in [-0.2, -0.15) is 5.26 Å². The summed E-state index contributed by atoms with van der Waals surface area (Å²) in [6, 6.07) is 8.07. The molecule has 3 nitrogen and oxygen atoms in total. The number of rotatable bonds is 2. The van der Waals surface area contributed by atoms with Crippen LogP contribution in [0.15, 0.2) is 18.2 Å². The van der Waals surface area contributed by atoms with E-state index in [0.717, 1.165) is 24.2 Å². The maximum atomic E-state index is 8.70. The number of nitriles is 1. The van der Waals surface area contributed by atoms with Crippen molar-refractivity contribution >= 4 is 0 Å². The lowest BCUT2D eigenvalue weighted by Crippen LogP contribution is -2.10. The summed E-state index contributed by atoms with van der Waals surface area (Å²) in [7, 11) is 0. The van der Waals surface area contributed by atoms with Crippen LogP contribution in [0.3, 0.4) is 0 Å². The molecule has 2 atom stereocenters. The predicted molar refractivity (Wildman–Crippen MR) is 57.4 cm³/mol. The normalized spacial score (nSPS) is 20.5. The van der Waals surface area contributed by atoms with Crippen LogP contribution in [-0.4, -0.2) is 6.10 Å². The Kier molecular flexibility index (Phi) is 2.61. The van der Waals surface area contributed by atoms with E-state index in [4.69, 9.17) is 15.7 Å². The minimum absolute atomic E-state index is 0.126. The van der Waals surface area contributed by atoms with E-state index in [0.29, 0.717) is 0 Å². The van der Waals surface area contributed by atoms with Crippen molar-refractivity contribution in [3.8, 4) is 11.8 Å². The van der Waals surface area contributed by atoms with Gasteiger partial charge < -0.3 is 10.5 Å². The van der Waals surface area contributed by atoms with Gasteiger partial charge in [0, 0.05) is 6.04 Å². The lowest BCUT2D eigenvalue weighted by atomic mass is 10.1. The second kappa shape index (κ2) is 3.92. The Morgan fingerprint density at radius 2 is 2.40 bits per heavy atom. The molecule has 0 spiro atoms. The van der Waals surface area contributed by atoms with Crippen LogP contribution in [0.2, 0.25) is 0 Å². The predicted octanol–water partition coefficient (Wildman–Crippen LogP) is 1.92. The SMILES string of the molecule is CC(C#N)Oc1cccc2c1CCC2N. The lowest BCUT2D eigenvalue weighted by Gasteiger charge is -2.12. The van der Waals surface area contributed by atoms with Crippen molar-refractivity contribution in [2.45, 2.75) is 31.9 Å². The number of nitrogens with zero attached hydrogens (tertiary/aromatic N) is 1. The summed E-state index contributed by atoms with van der Waals surface area (Å²) in [4.78, 5) is 0. The van der Waals surface area contributed by atoms with E-state index in [1.165, 1.54) is 5.56 Å². The van der Waals surface area contributed by atoms with Crippen molar-refractivity contribution in [2.24, 2.45) is 5.73 Å². The molecule has 0 amide bonds.